The fourth-order valence-corrected chi connectivity index (χ4v) is 5.28. The van der Waals surface area contributed by atoms with Gasteiger partial charge in [0.15, 0.2) is 0 Å². The molecule has 0 fully saturated rings. The van der Waals surface area contributed by atoms with Crippen molar-refractivity contribution < 1.29 is 23.1 Å². The molecule has 0 radical (unpaired) electrons. The number of rotatable bonds is 11. The molecule has 3 unspecified atom stereocenters. The van der Waals surface area contributed by atoms with E-state index in [4.69, 9.17) is 13.9 Å². The van der Waals surface area contributed by atoms with Crippen LogP contribution in [0.5, 0.6) is 0 Å². The van der Waals surface area contributed by atoms with Crippen LogP contribution in [-0.2, 0) is 18.2 Å². The maximum Gasteiger partial charge on any atom is 0.325 e. The minimum atomic E-state index is -3.37. The summed E-state index contributed by atoms with van der Waals surface area (Å²) in [6.45, 7) is 5.71. The van der Waals surface area contributed by atoms with Crippen LogP contribution in [0.3, 0.4) is 0 Å². The van der Waals surface area contributed by atoms with Crippen LogP contribution < -0.4 is 5.30 Å². The molecule has 0 spiro atoms. The van der Waals surface area contributed by atoms with Crippen molar-refractivity contribution in [3.05, 3.63) is 30.3 Å². The molecule has 1 rings (SSSR count). The summed E-state index contributed by atoms with van der Waals surface area (Å²) in [5.74, 6) is 0. The molecule has 0 saturated heterocycles. The average Bonchev–Trinajstić information content (AvgIpc) is 2.50. The number of hydrogen-bond acceptors (Lipinski definition) is 4. The molecule has 23 heavy (non-hydrogen) atoms. The van der Waals surface area contributed by atoms with Crippen LogP contribution in [0.4, 0.5) is 0 Å². The van der Waals surface area contributed by atoms with Crippen molar-refractivity contribution in [3.8, 4) is 0 Å². The van der Waals surface area contributed by atoms with Crippen LogP contribution in [0.1, 0.15) is 39.5 Å². The molecular weight excluding hydrogens is 334 g/mol. The highest BCUT2D eigenvalue weighted by molar-refractivity contribution is 7.67. The third-order valence-corrected chi connectivity index (χ3v) is 7.35. The largest absolute Gasteiger partial charge is 0.325 e. The van der Waals surface area contributed by atoms with Gasteiger partial charge in [0, 0.05) is 17.6 Å². The van der Waals surface area contributed by atoms with Gasteiger partial charge in [-0.25, -0.2) is 0 Å². The van der Waals surface area contributed by atoms with Gasteiger partial charge < -0.3 is 13.9 Å². The van der Waals surface area contributed by atoms with E-state index < -0.39 is 15.0 Å². The maximum absolute atomic E-state index is 13.2. The quantitative estimate of drug-likeness (QED) is 0.466. The van der Waals surface area contributed by atoms with Crippen molar-refractivity contribution >= 4 is 20.3 Å². The Bertz CT molecular complexity index is 541. The monoisotopic (exact) mass is 362 g/mol. The molecule has 0 aromatic heterocycles. The lowest BCUT2D eigenvalue weighted by molar-refractivity contribution is 0.257. The molecule has 0 saturated carbocycles. The summed E-state index contributed by atoms with van der Waals surface area (Å²) in [6.07, 6.45) is 3.25. The summed E-state index contributed by atoms with van der Waals surface area (Å²) in [5, 5.41) is 0.768. The molecule has 5 nitrogen and oxygen atoms in total. The molecule has 1 aromatic rings. The van der Waals surface area contributed by atoms with E-state index in [0.29, 0.717) is 6.61 Å². The predicted molar refractivity (Wildman–Crippen MR) is 94.9 cm³/mol. The van der Waals surface area contributed by atoms with E-state index in [1.54, 1.807) is 0 Å². The Labute approximate surface area is 139 Å². The molecule has 0 aliphatic carbocycles. The highest BCUT2D eigenvalue weighted by Crippen LogP contribution is 2.52. The number of hydrogen-bond donors (Lipinski definition) is 1. The Hall–Kier alpha value is -0.440. The van der Waals surface area contributed by atoms with Crippen molar-refractivity contribution in [2.45, 2.75) is 45.2 Å². The zero-order chi connectivity index (χ0) is 17.3. The van der Waals surface area contributed by atoms with Crippen LogP contribution in [0.15, 0.2) is 30.3 Å². The van der Waals surface area contributed by atoms with Crippen molar-refractivity contribution in [3.63, 3.8) is 0 Å². The Morgan fingerprint density at radius 1 is 1.09 bits per heavy atom. The fourth-order valence-electron chi connectivity index (χ4n) is 2.41. The van der Waals surface area contributed by atoms with Gasteiger partial charge in [-0.3, -0.25) is 9.13 Å². The van der Waals surface area contributed by atoms with Crippen molar-refractivity contribution in [1.29, 1.82) is 0 Å². The number of unbranched alkanes of at least 4 members (excludes halogenated alkanes) is 2. The van der Waals surface area contributed by atoms with E-state index in [9.17, 15) is 9.13 Å². The zero-order valence-electron chi connectivity index (χ0n) is 14.2. The van der Waals surface area contributed by atoms with Gasteiger partial charge in [-0.2, -0.15) is 0 Å². The summed E-state index contributed by atoms with van der Waals surface area (Å²) in [7, 11) is -6.23. The molecule has 3 atom stereocenters. The summed E-state index contributed by atoms with van der Waals surface area (Å²) >= 11 is 0. The second-order valence-corrected chi connectivity index (χ2v) is 10.4. The minimum Gasteiger partial charge on any atom is -0.325 e. The lowest BCUT2D eigenvalue weighted by Gasteiger charge is -2.24. The first-order chi connectivity index (χ1) is 10.8. The maximum atomic E-state index is 13.2. The van der Waals surface area contributed by atoms with E-state index >= 15 is 0 Å². The molecule has 0 aliphatic rings. The topological polar surface area (TPSA) is 72.8 Å². The first-order valence-corrected chi connectivity index (χ1v) is 11.8. The Balaban J connectivity index is 2.48. The Morgan fingerprint density at radius 2 is 1.74 bits per heavy atom. The van der Waals surface area contributed by atoms with E-state index in [0.717, 1.165) is 31.0 Å². The summed E-state index contributed by atoms with van der Waals surface area (Å²) in [6, 6.07) is 9.38. The number of benzene rings is 1. The van der Waals surface area contributed by atoms with Crippen LogP contribution in [0.2, 0.25) is 0 Å². The smallest absolute Gasteiger partial charge is 0.325 e. The predicted octanol–water partition coefficient (Wildman–Crippen LogP) is 4.41. The molecular formula is C16H28O5P2. The van der Waals surface area contributed by atoms with Gasteiger partial charge in [-0.1, -0.05) is 38.0 Å². The van der Waals surface area contributed by atoms with Gasteiger partial charge in [0.25, 0.3) is 0 Å². The van der Waals surface area contributed by atoms with Crippen molar-refractivity contribution in [2.75, 3.05) is 19.9 Å². The second kappa shape index (κ2) is 9.76. The van der Waals surface area contributed by atoms with Gasteiger partial charge in [0.2, 0.25) is 7.37 Å². The van der Waals surface area contributed by atoms with Gasteiger partial charge in [-0.15, -0.1) is 0 Å². The SMILES string of the molecule is CCOP(=O)(c1ccccc1)C(C)CCCCCOP(C)(=O)O. The zero-order valence-corrected chi connectivity index (χ0v) is 16.0. The molecule has 1 N–H and O–H groups in total. The van der Waals surface area contributed by atoms with Gasteiger partial charge >= 0.3 is 7.60 Å². The molecule has 0 bridgehead atoms. The van der Waals surface area contributed by atoms with Crippen LogP contribution in [0, 0.1) is 0 Å². The van der Waals surface area contributed by atoms with Crippen molar-refractivity contribution in [1.82, 2.24) is 0 Å². The van der Waals surface area contributed by atoms with Crippen LogP contribution >= 0.6 is 15.0 Å². The second-order valence-electron chi connectivity index (χ2n) is 5.68. The third-order valence-electron chi connectivity index (χ3n) is 3.61. The van der Waals surface area contributed by atoms with E-state index in [-0.39, 0.29) is 12.3 Å². The summed E-state index contributed by atoms with van der Waals surface area (Å²) in [4.78, 5) is 9.03. The van der Waals surface area contributed by atoms with Gasteiger partial charge in [-0.05, 0) is 31.9 Å². The van der Waals surface area contributed by atoms with Crippen LogP contribution in [-0.4, -0.2) is 30.4 Å². The molecule has 132 valence electrons. The molecule has 0 aliphatic heterocycles. The van der Waals surface area contributed by atoms with Gasteiger partial charge in [0.1, 0.15) is 0 Å². The first kappa shape index (κ1) is 20.6. The van der Waals surface area contributed by atoms with Crippen LogP contribution in [0.25, 0.3) is 0 Å². The molecule has 1 aromatic carbocycles. The lowest BCUT2D eigenvalue weighted by atomic mass is 10.2. The van der Waals surface area contributed by atoms with E-state index in [1.165, 1.54) is 6.66 Å². The lowest BCUT2D eigenvalue weighted by Crippen LogP contribution is -2.17. The highest BCUT2D eigenvalue weighted by atomic mass is 31.2. The van der Waals surface area contributed by atoms with E-state index in [1.807, 2.05) is 44.2 Å². The Kier molecular flexibility index (Phi) is 8.74. The highest BCUT2D eigenvalue weighted by Gasteiger charge is 2.32. The molecule has 0 heterocycles. The fraction of sp³-hybridized carbons (Fsp3) is 0.625. The average molecular weight is 362 g/mol. The minimum absolute atomic E-state index is 0.0547. The standard InChI is InChI=1S/C16H28O5P2/c1-4-20-23(19,16-12-8-5-9-13-16)15(2)11-7-6-10-14-21-22(3,17)18/h5,8-9,12-13,15H,4,6-7,10-11,14H2,1-3H3,(H,17,18). The molecule has 0 amide bonds. The first-order valence-electron chi connectivity index (χ1n) is 8.04. The summed E-state index contributed by atoms with van der Waals surface area (Å²) < 4.78 is 34.7. The van der Waals surface area contributed by atoms with Crippen molar-refractivity contribution in [2.24, 2.45) is 0 Å². The van der Waals surface area contributed by atoms with E-state index in [2.05, 4.69) is 0 Å². The Morgan fingerprint density at radius 3 is 2.30 bits per heavy atom. The molecule has 7 heteroatoms. The van der Waals surface area contributed by atoms with Gasteiger partial charge in [0.05, 0.1) is 13.2 Å². The normalized spacial score (nSPS) is 18.1. The summed E-state index contributed by atoms with van der Waals surface area (Å²) in [5.41, 5.74) is -0.0547. The third kappa shape index (κ3) is 7.32.